The Morgan fingerprint density at radius 2 is 1.16 bits per heavy atom. The smallest absolute Gasteiger partial charge is 0.306 e. The highest BCUT2D eigenvalue weighted by Crippen LogP contribution is 2.24. The molecule has 0 amide bonds. The zero-order valence-electron chi connectivity index (χ0n) is 35.1. The van der Waals surface area contributed by atoms with Crippen LogP contribution in [0.1, 0.15) is 142 Å². The molecule has 0 saturated carbocycles. The van der Waals surface area contributed by atoms with E-state index < -0.39 is 71.2 Å². The number of ether oxygens (including phenoxy) is 4. The lowest BCUT2D eigenvalue weighted by atomic mass is 10.00. The van der Waals surface area contributed by atoms with Gasteiger partial charge in [0.15, 0.2) is 12.4 Å². The number of hydrogen-bond acceptors (Lipinski definition) is 11. The van der Waals surface area contributed by atoms with Crippen LogP contribution in [0.5, 0.6) is 0 Å². The fourth-order valence-corrected chi connectivity index (χ4v) is 6.70. The van der Waals surface area contributed by atoms with Crippen molar-refractivity contribution in [3.05, 3.63) is 72.9 Å². The summed E-state index contributed by atoms with van der Waals surface area (Å²) in [4.78, 5) is 25.3. The largest absolute Gasteiger partial charge is 0.462 e. The summed E-state index contributed by atoms with van der Waals surface area (Å²) >= 11 is 0. The fraction of sp³-hybridized carbons (Fsp3) is 0.689. The molecule has 0 bridgehead atoms. The van der Waals surface area contributed by atoms with Crippen molar-refractivity contribution in [2.45, 2.75) is 179 Å². The van der Waals surface area contributed by atoms with Crippen LogP contribution in [0.15, 0.2) is 72.9 Å². The zero-order chi connectivity index (χ0) is 42.7. The molecular weight excluding hydrogens is 765 g/mol. The van der Waals surface area contributed by atoms with Gasteiger partial charge in [-0.1, -0.05) is 138 Å². The van der Waals surface area contributed by atoms with Crippen LogP contribution < -0.4 is 0 Å². The highest BCUT2D eigenvalue weighted by atomic mass is 32.2. The Hall–Kier alpha value is -2.91. The first-order valence-corrected chi connectivity index (χ1v) is 23.2. The Balaban J connectivity index is 2.49. The van der Waals surface area contributed by atoms with E-state index in [9.17, 15) is 37.9 Å². The van der Waals surface area contributed by atoms with Crippen molar-refractivity contribution in [2.75, 3.05) is 19.0 Å². The second-order valence-electron chi connectivity index (χ2n) is 14.7. The summed E-state index contributed by atoms with van der Waals surface area (Å²) in [7, 11) is -4.61. The molecule has 0 aromatic heterocycles. The molecule has 1 fully saturated rings. The number of esters is 2. The average molecular weight is 839 g/mol. The highest BCUT2D eigenvalue weighted by molar-refractivity contribution is 7.85. The number of aliphatic hydroxyl groups excluding tert-OH is 3. The summed E-state index contributed by atoms with van der Waals surface area (Å²) in [5, 5.41) is 30.8. The lowest BCUT2D eigenvalue weighted by Crippen LogP contribution is -2.60. The summed E-state index contributed by atoms with van der Waals surface area (Å²) in [6.07, 6.45) is 33.8. The number of hydrogen-bond donors (Lipinski definition) is 4. The van der Waals surface area contributed by atoms with Crippen LogP contribution in [0.4, 0.5) is 0 Å². The Bertz CT molecular complexity index is 1350. The molecule has 1 aliphatic heterocycles. The van der Waals surface area contributed by atoms with E-state index >= 15 is 0 Å². The minimum atomic E-state index is -4.61. The van der Waals surface area contributed by atoms with E-state index in [0.717, 1.165) is 64.2 Å². The van der Waals surface area contributed by atoms with Crippen LogP contribution in [0.25, 0.3) is 0 Å². The van der Waals surface area contributed by atoms with E-state index in [-0.39, 0.29) is 19.4 Å². The molecule has 3 unspecified atom stereocenters. The standard InChI is InChI=1S/C45H74O12S/c1-3-5-7-9-11-13-15-17-18-19-20-22-23-25-27-29-31-33-40(46)54-35-38(36-55-45-44(50)43(49)42(48)39(57-45)37-58(51,52)53)56-41(47)34-32-30-28-26-24-21-16-14-12-10-8-6-4-2/h6,8,10-14,16-18,21,24,38-39,42-45,48-50H,3-5,7,9,15,19-20,22-23,25-37H2,1-2H3,(H,51,52,53)/b8-6+,12-10+,13-11+,16-14+,18-17+,24-21+/t38?,39-,42-,43?,44?,45+/m1/s1. The van der Waals surface area contributed by atoms with Gasteiger partial charge in [-0.25, -0.2) is 0 Å². The monoisotopic (exact) mass is 838 g/mol. The third-order valence-corrected chi connectivity index (χ3v) is 10.1. The Labute approximate surface area is 348 Å². The number of unbranched alkanes of at least 4 members (excludes halogenated alkanes) is 13. The maximum atomic E-state index is 12.8. The van der Waals surface area contributed by atoms with Crippen LogP contribution in [-0.2, 0) is 38.7 Å². The predicted octanol–water partition coefficient (Wildman–Crippen LogP) is 8.33. The van der Waals surface area contributed by atoms with Gasteiger partial charge in [-0.3, -0.25) is 14.1 Å². The van der Waals surface area contributed by atoms with Crippen molar-refractivity contribution >= 4 is 22.1 Å². The number of rotatable bonds is 34. The van der Waals surface area contributed by atoms with Gasteiger partial charge in [-0.15, -0.1) is 0 Å². The molecule has 1 rings (SSSR count). The molecule has 332 valence electrons. The first kappa shape index (κ1) is 53.1. The molecule has 13 heteroatoms. The first-order chi connectivity index (χ1) is 28.0. The van der Waals surface area contributed by atoms with Gasteiger partial charge in [0.25, 0.3) is 10.1 Å². The normalized spacial score (nSPS) is 21.1. The van der Waals surface area contributed by atoms with Gasteiger partial charge in [0.2, 0.25) is 0 Å². The summed E-state index contributed by atoms with van der Waals surface area (Å²) < 4.78 is 53.9. The maximum absolute atomic E-state index is 12.8. The summed E-state index contributed by atoms with van der Waals surface area (Å²) in [6, 6.07) is 0. The first-order valence-electron chi connectivity index (χ1n) is 21.5. The molecule has 0 spiro atoms. The van der Waals surface area contributed by atoms with Crippen molar-refractivity contribution in [3.8, 4) is 0 Å². The topological polar surface area (TPSA) is 186 Å². The van der Waals surface area contributed by atoms with Crippen molar-refractivity contribution in [3.63, 3.8) is 0 Å². The molecule has 4 N–H and O–H groups in total. The van der Waals surface area contributed by atoms with Crippen LogP contribution in [0.2, 0.25) is 0 Å². The SMILES string of the molecule is CC/C=C/C=C/C=C/C=C/CCCCCC(=O)OC(COC(=O)CCCCCCCCC/C=C/C/C=C/CCCCC)CO[C@H]1O[C@H](CS(=O)(=O)O)[C@@H](O)C(O)C1O. The minimum Gasteiger partial charge on any atom is -0.462 e. The molecular formula is C45H74O12S. The zero-order valence-corrected chi connectivity index (χ0v) is 35.9. The van der Waals surface area contributed by atoms with Crippen molar-refractivity contribution in [2.24, 2.45) is 0 Å². The Morgan fingerprint density at radius 1 is 0.621 bits per heavy atom. The van der Waals surface area contributed by atoms with E-state index in [2.05, 4.69) is 50.3 Å². The molecule has 0 aromatic carbocycles. The molecule has 12 nitrogen and oxygen atoms in total. The minimum absolute atomic E-state index is 0.113. The van der Waals surface area contributed by atoms with Crippen LogP contribution >= 0.6 is 0 Å². The third-order valence-electron chi connectivity index (χ3n) is 9.36. The second-order valence-corrected chi connectivity index (χ2v) is 16.2. The summed E-state index contributed by atoms with van der Waals surface area (Å²) in [5.74, 6) is -2.06. The molecule has 1 saturated heterocycles. The molecule has 0 aromatic rings. The molecule has 1 heterocycles. The summed E-state index contributed by atoms with van der Waals surface area (Å²) in [5.41, 5.74) is 0. The second kappa shape index (κ2) is 34.9. The lowest BCUT2D eigenvalue weighted by Gasteiger charge is -2.40. The van der Waals surface area contributed by atoms with Gasteiger partial charge < -0.3 is 34.3 Å². The predicted molar refractivity (Wildman–Crippen MR) is 228 cm³/mol. The molecule has 0 aliphatic carbocycles. The molecule has 0 radical (unpaired) electrons. The molecule has 6 atom stereocenters. The summed E-state index contributed by atoms with van der Waals surface area (Å²) in [6.45, 7) is 3.53. The van der Waals surface area contributed by atoms with Gasteiger partial charge in [-0.2, -0.15) is 8.42 Å². The van der Waals surface area contributed by atoms with Crippen molar-refractivity contribution < 1.29 is 56.8 Å². The van der Waals surface area contributed by atoms with Crippen molar-refractivity contribution in [1.82, 2.24) is 0 Å². The van der Waals surface area contributed by atoms with E-state index in [0.29, 0.717) is 12.8 Å². The van der Waals surface area contributed by atoms with Gasteiger partial charge in [0, 0.05) is 12.8 Å². The Morgan fingerprint density at radius 3 is 1.78 bits per heavy atom. The van der Waals surface area contributed by atoms with Gasteiger partial charge in [0.1, 0.15) is 36.8 Å². The lowest BCUT2D eigenvalue weighted by molar-refractivity contribution is -0.297. The van der Waals surface area contributed by atoms with E-state index in [1.165, 1.54) is 38.5 Å². The van der Waals surface area contributed by atoms with Gasteiger partial charge in [0.05, 0.1) is 6.61 Å². The maximum Gasteiger partial charge on any atom is 0.306 e. The van der Waals surface area contributed by atoms with E-state index in [4.69, 9.17) is 18.9 Å². The van der Waals surface area contributed by atoms with E-state index in [1.54, 1.807) is 0 Å². The number of allylic oxidation sites excluding steroid dienone is 12. The average Bonchev–Trinajstić information content (AvgIpc) is 3.18. The van der Waals surface area contributed by atoms with Gasteiger partial charge in [-0.05, 0) is 64.2 Å². The Kier molecular flexibility index (Phi) is 32.0. The van der Waals surface area contributed by atoms with Crippen LogP contribution in [0.3, 0.4) is 0 Å². The number of carbonyl (C=O) groups excluding carboxylic acids is 2. The van der Waals surface area contributed by atoms with Gasteiger partial charge >= 0.3 is 11.9 Å². The molecule has 1 aliphatic rings. The number of aliphatic hydroxyl groups is 3. The van der Waals surface area contributed by atoms with E-state index in [1.807, 2.05) is 36.5 Å². The highest BCUT2D eigenvalue weighted by Gasteiger charge is 2.46. The quantitative estimate of drug-likeness (QED) is 0.0160. The fourth-order valence-electron chi connectivity index (χ4n) is 6.01. The van der Waals surface area contributed by atoms with Crippen molar-refractivity contribution in [1.29, 1.82) is 0 Å². The molecule has 58 heavy (non-hydrogen) atoms. The van der Waals surface area contributed by atoms with Crippen LogP contribution in [0, 0.1) is 0 Å². The van der Waals surface area contributed by atoms with Crippen LogP contribution in [-0.4, -0.2) is 96.0 Å². The third kappa shape index (κ3) is 29.3. The number of carbonyl (C=O) groups is 2.